The van der Waals surface area contributed by atoms with Crippen molar-refractivity contribution in [3.05, 3.63) is 17.5 Å². The van der Waals surface area contributed by atoms with Crippen LogP contribution in [0.15, 0.2) is 22.7 Å². The quantitative estimate of drug-likeness (QED) is 0.774. The molecule has 2 atom stereocenters. The molecule has 2 heterocycles. The zero-order valence-corrected chi connectivity index (χ0v) is 14.0. The molecule has 2 rings (SSSR count). The van der Waals surface area contributed by atoms with E-state index in [4.69, 9.17) is 5.11 Å². The molecule has 21 heavy (non-hydrogen) atoms. The largest absolute Gasteiger partial charge is 0.481 e. The SMILES string of the molecule is CC(CS(C)=O)n1c(SCC(=O)O)nnc1-c1cccs1. The van der Waals surface area contributed by atoms with Crippen LogP contribution in [0.3, 0.4) is 0 Å². The highest BCUT2D eigenvalue weighted by molar-refractivity contribution is 7.99. The van der Waals surface area contributed by atoms with Gasteiger partial charge >= 0.3 is 5.97 Å². The Labute approximate surface area is 133 Å². The molecule has 0 fully saturated rings. The minimum absolute atomic E-state index is 0.0702. The maximum absolute atomic E-state index is 11.5. The molecule has 0 saturated heterocycles. The molecule has 2 unspecified atom stereocenters. The summed E-state index contributed by atoms with van der Waals surface area (Å²) in [4.78, 5) is 11.7. The highest BCUT2D eigenvalue weighted by Crippen LogP contribution is 2.30. The number of rotatable bonds is 7. The molecule has 0 radical (unpaired) electrons. The van der Waals surface area contributed by atoms with Crippen molar-refractivity contribution in [2.24, 2.45) is 0 Å². The Morgan fingerprint density at radius 2 is 2.33 bits per heavy atom. The summed E-state index contributed by atoms with van der Waals surface area (Å²) in [5.74, 6) is 0.177. The van der Waals surface area contributed by atoms with E-state index in [0.29, 0.717) is 16.7 Å². The van der Waals surface area contributed by atoms with Crippen LogP contribution < -0.4 is 0 Å². The number of hydrogen-bond acceptors (Lipinski definition) is 6. The van der Waals surface area contributed by atoms with E-state index in [-0.39, 0.29) is 11.8 Å². The maximum atomic E-state index is 11.5. The molecule has 2 aromatic heterocycles. The lowest BCUT2D eigenvalue weighted by molar-refractivity contribution is -0.133. The van der Waals surface area contributed by atoms with Crippen molar-refractivity contribution < 1.29 is 14.1 Å². The summed E-state index contributed by atoms with van der Waals surface area (Å²) in [5, 5.41) is 19.6. The molecule has 0 amide bonds. The zero-order valence-electron chi connectivity index (χ0n) is 11.6. The van der Waals surface area contributed by atoms with Gasteiger partial charge in [-0.2, -0.15) is 0 Å². The van der Waals surface area contributed by atoms with E-state index in [9.17, 15) is 9.00 Å². The fourth-order valence-corrected chi connectivity index (χ4v) is 4.18. The van der Waals surface area contributed by atoms with E-state index in [1.165, 1.54) is 11.3 Å². The first-order chi connectivity index (χ1) is 9.99. The molecule has 0 aromatic carbocycles. The predicted molar refractivity (Wildman–Crippen MR) is 85.3 cm³/mol. The van der Waals surface area contributed by atoms with Crippen LogP contribution in [-0.4, -0.2) is 47.8 Å². The smallest absolute Gasteiger partial charge is 0.313 e. The number of thioether (sulfide) groups is 1. The molecule has 1 N–H and O–H groups in total. The zero-order chi connectivity index (χ0) is 15.4. The lowest BCUT2D eigenvalue weighted by Gasteiger charge is -2.16. The minimum Gasteiger partial charge on any atom is -0.481 e. The minimum atomic E-state index is -0.955. The third kappa shape index (κ3) is 4.14. The average molecular weight is 345 g/mol. The van der Waals surface area contributed by atoms with Gasteiger partial charge in [-0.3, -0.25) is 13.6 Å². The number of nitrogens with zero attached hydrogens (tertiary/aromatic N) is 3. The van der Waals surface area contributed by atoms with Crippen molar-refractivity contribution in [3.63, 3.8) is 0 Å². The van der Waals surface area contributed by atoms with E-state index >= 15 is 0 Å². The molecular formula is C12H15N3O3S3. The van der Waals surface area contributed by atoms with Gasteiger partial charge in [0.25, 0.3) is 0 Å². The van der Waals surface area contributed by atoms with Crippen molar-refractivity contribution in [1.82, 2.24) is 14.8 Å². The Hall–Kier alpha value is -1.19. The Morgan fingerprint density at radius 3 is 2.90 bits per heavy atom. The Morgan fingerprint density at radius 1 is 1.57 bits per heavy atom. The van der Waals surface area contributed by atoms with Crippen LogP contribution in [0.2, 0.25) is 0 Å². The number of thiophene rings is 1. The van der Waals surface area contributed by atoms with Gasteiger partial charge in [0.15, 0.2) is 11.0 Å². The van der Waals surface area contributed by atoms with Gasteiger partial charge < -0.3 is 5.11 Å². The molecule has 0 aliphatic carbocycles. The van der Waals surface area contributed by atoms with Crippen molar-refractivity contribution in [1.29, 1.82) is 0 Å². The van der Waals surface area contributed by atoms with Crippen LogP contribution in [0, 0.1) is 0 Å². The molecule has 0 spiro atoms. The molecule has 0 saturated carbocycles. The molecule has 114 valence electrons. The maximum Gasteiger partial charge on any atom is 0.313 e. The number of aromatic nitrogens is 3. The van der Waals surface area contributed by atoms with Crippen LogP contribution in [0.5, 0.6) is 0 Å². The van der Waals surface area contributed by atoms with Gasteiger partial charge in [0.05, 0.1) is 10.6 Å². The van der Waals surface area contributed by atoms with E-state index in [0.717, 1.165) is 16.6 Å². The summed E-state index contributed by atoms with van der Waals surface area (Å²) < 4.78 is 13.4. The van der Waals surface area contributed by atoms with Crippen LogP contribution >= 0.6 is 23.1 Å². The summed E-state index contributed by atoms with van der Waals surface area (Å²) in [5.41, 5.74) is 0. The second-order valence-electron chi connectivity index (χ2n) is 4.42. The third-order valence-corrected chi connectivity index (χ3v) is 5.39. The van der Waals surface area contributed by atoms with Crippen molar-refractivity contribution >= 4 is 39.9 Å². The van der Waals surface area contributed by atoms with Gasteiger partial charge in [-0.25, -0.2) is 0 Å². The standard InChI is InChI=1S/C12H15N3O3S3/c1-8(7-21(2)18)15-11(9-4-3-5-19-9)13-14-12(15)20-6-10(16)17/h3-5,8H,6-7H2,1-2H3,(H,16,17). The van der Waals surface area contributed by atoms with Gasteiger partial charge in [-0.15, -0.1) is 21.5 Å². The Bertz CT molecular complexity index is 639. The first-order valence-corrected chi connectivity index (χ1v) is 9.71. The van der Waals surface area contributed by atoms with Gasteiger partial charge in [0.1, 0.15) is 0 Å². The molecule has 9 heteroatoms. The third-order valence-electron chi connectivity index (χ3n) is 2.65. The molecular weight excluding hydrogens is 330 g/mol. The highest BCUT2D eigenvalue weighted by Gasteiger charge is 2.21. The van der Waals surface area contributed by atoms with Crippen LogP contribution in [0.4, 0.5) is 0 Å². The van der Waals surface area contributed by atoms with Gasteiger partial charge in [0.2, 0.25) is 0 Å². The summed E-state index contributed by atoms with van der Waals surface area (Å²) >= 11 is 2.66. The molecule has 0 aliphatic rings. The second kappa shape index (κ2) is 7.19. The number of carboxylic acid groups (broad SMARTS) is 1. The molecule has 2 aromatic rings. The highest BCUT2D eigenvalue weighted by atomic mass is 32.2. The van der Waals surface area contributed by atoms with Gasteiger partial charge in [-0.1, -0.05) is 17.8 Å². The second-order valence-corrected chi connectivity index (χ2v) is 7.79. The van der Waals surface area contributed by atoms with Crippen LogP contribution in [0.1, 0.15) is 13.0 Å². The van der Waals surface area contributed by atoms with E-state index in [2.05, 4.69) is 10.2 Å². The number of carboxylic acids is 1. The lowest BCUT2D eigenvalue weighted by Crippen LogP contribution is -2.15. The van der Waals surface area contributed by atoms with Gasteiger partial charge in [0, 0.05) is 28.9 Å². The monoisotopic (exact) mass is 345 g/mol. The molecule has 0 bridgehead atoms. The fraction of sp³-hybridized carbons (Fsp3) is 0.417. The van der Waals surface area contributed by atoms with E-state index in [1.807, 2.05) is 29.0 Å². The van der Waals surface area contributed by atoms with Crippen LogP contribution in [0.25, 0.3) is 10.7 Å². The first-order valence-electron chi connectivity index (χ1n) is 6.12. The molecule has 6 nitrogen and oxygen atoms in total. The summed E-state index contributed by atoms with van der Waals surface area (Å²) in [6, 6.07) is 3.79. The number of carbonyl (C=O) groups is 1. The van der Waals surface area contributed by atoms with Crippen molar-refractivity contribution in [2.45, 2.75) is 18.1 Å². The normalized spacial score (nSPS) is 14.0. The first kappa shape index (κ1) is 16.2. The predicted octanol–water partition coefficient (Wildman–Crippen LogP) is 2.12. The Kier molecular flexibility index (Phi) is 5.54. The molecule has 0 aliphatic heterocycles. The number of aliphatic carboxylic acids is 1. The lowest BCUT2D eigenvalue weighted by atomic mass is 10.3. The van der Waals surface area contributed by atoms with E-state index in [1.54, 1.807) is 6.26 Å². The Balaban J connectivity index is 2.37. The van der Waals surface area contributed by atoms with Crippen molar-refractivity contribution in [2.75, 3.05) is 17.8 Å². The van der Waals surface area contributed by atoms with E-state index < -0.39 is 16.8 Å². The fourth-order valence-electron chi connectivity index (χ4n) is 1.89. The van der Waals surface area contributed by atoms with Gasteiger partial charge in [-0.05, 0) is 18.4 Å². The topological polar surface area (TPSA) is 85.1 Å². The summed E-state index contributed by atoms with van der Waals surface area (Å²) in [7, 11) is -0.955. The average Bonchev–Trinajstić information content (AvgIpc) is 3.04. The van der Waals surface area contributed by atoms with Crippen LogP contribution in [-0.2, 0) is 15.6 Å². The summed E-state index contributed by atoms with van der Waals surface area (Å²) in [6.07, 6.45) is 1.65. The number of hydrogen-bond donors (Lipinski definition) is 1. The summed E-state index contributed by atoms with van der Waals surface area (Å²) in [6.45, 7) is 1.94. The van der Waals surface area contributed by atoms with Crippen molar-refractivity contribution in [3.8, 4) is 10.7 Å².